The van der Waals surface area contributed by atoms with Crippen LogP contribution in [0, 0.1) is 13.8 Å². The number of unbranched alkanes of at least 4 members (excludes halogenated alkanes) is 1. The van der Waals surface area contributed by atoms with Gasteiger partial charge in [-0.25, -0.2) is 0 Å². The molecule has 0 aliphatic heterocycles. The van der Waals surface area contributed by atoms with Crippen molar-refractivity contribution in [3.63, 3.8) is 0 Å². The van der Waals surface area contributed by atoms with Gasteiger partial charge in [-0.15, -0.1) is 0 Å². The van der Waals surface area contributed by atoms with E-state index in [2.05, 4.69) is 12.2 Å². The summed E-state index contributed by atoms with van der Waals surface area (Å²) in [4.78, 5) is 28.6. The quantitative estimate of drug-likeness (QED) is 0.367. The summed E-state index contributed by atoms with van der Waals surface area (Å²) >= 11 is 0. The van der Waals surface area contributed by atoms with Crippen LogP contribution in [0.15, 0.2) is 78.9 Å². The van der Waals surface area contributed by atoms with E-state index in [9.17, 15) is 9.59 Å². The highest BCUT2D eigenvalue weighted by atomic mass is 16.5. The van der Waals surface area contributed by atoms with E-state index in [1.54, 1.807) is 4.90 Å². The van der Waals surface area contributed by atoms with Crippen molar-refractivity contribution in [1.29, 1.82) is 0 Å². The van der Waals surface area contributed by atoms with Crippen LogP contribution in [0.4, 0.5) is 0 Å². The van der Waals surface area contributed by atoms with Gasteiger partial charge in [-0.3, -0.25) is 9.59 Å². The van der Waals surface area contributed by atoms with E-state index in [0.717, 1.165) is 35.1 Å². The maximum Gasteiger partial charge on any atom is 0.261 e. The number of hydrogen-bond donors (Lipinski definition) is 1. The van der Waals surface area contributed by atoms with Gasteiger partial charge < -0.3 is 15.0 Å². The molecule has 0 fully saturated rings. The summed E-state index contributed by atoms with van der Waals surface area (Å²) in [6, 6.07) is 24.9. The zero-order valence-corrected chi connectivity index (χ0v) is 21.0. The topological polar surface area (TPSA) is 58.6 Å². The number of carbonyl (C=O) groups is 2. The highest BCUT2D eigenvalue weighted by molar-refractivity contribution is 5.88. The Morgan fingerprint density at radius 1 is 0.886 bits per heavy atom. The number of para-hydroxylation sites is 1. The number of amides is 2. The number of hydrogen-bond acceptors (Lipinski definition) is 3. The minimum Gasteiger partial charge on any atom is -0.484 e. The van der Waals surface area contributed by atoms with Crippen LogP contribution in [0.3, 0.4) is 0 Å². The predicted octanol–water partition coefficient (Wildman–Crippen LogP) is 5.24. The molecule has 35 heavy (non-hydrogen) atoms. The Morgan fingerprint density at radius 3 is 2.26 bits per heavy atom. The Labute approximate surface area is 209 Å². The fourth-order valence-corrected chi connectivity index (χ4v) is 3.89. The van der Waals surface area contributed by atoms with Crippen LogP contribution in [0.1, 0.15) is 42.0 Å². The predicted molar refractivity (Wildman–Crippen MR) is 140 cm³/mol. The molecule has 3 aromatic rings. The third kappa shape index (κ3) is 7.99. The van der Waals surface area contributed by atoms with Crippen molar-refractivity contribution in [1.82, 2.24) is 10.2 Å². The zero-order valence-electron chi connectivity index (χ0n) is 21.0. The first-order valence-corrected chi connectivity index (χ1v) is 12.3. The van der Waals surface area contributed by atoms with Crippen molar-refractivity contribution in [3.05, 3.63) is 101 Å². The van der Waals surface area contributed by atoms with E-state index in [-0.39, 0.29) is 18.4 Å². The fourth-order valence-electron chi connectivity index (χ4n) is 3.89. The number of nitrogens with one attached hydrogen (secondary N) is 1. The molecular formula is C30H36N2O3. The number of aryl methyl sites for hydroxylation is 2. The second-order valence-corrected chi connectivity index (χ2v) is 8.91. The van der Waals surface area contributed by atoms with E-state index in [4.69, 9.17) is 4.74 Å². The van der Waals surface area contributed by atoms with E-state index in [0.29, 0.717) is 25.3 Å². The van der Waals surface area contributed by atoms with E-state index >= 15 is 0 Å². The molecular weight excluding hydrogens is 436 g/mol. The van der Waals surface area contributed by atoms with Gasteiger partial charge in [0, 0.05) is 19.5 Å². The summed E-state index contributed by atoms with van der Waals surface area (Å²) in [7, 11) is 0. The molecule has 184 valence electrons. The summed E-state index contributed by atoms with van der Waals surface area (Å²) in [5.74, 6) is 0.308. The molecule has 1 unspecified atom stereocenters. The van der Waals surface area contributed by atoms with Gasteiger partial charge in [-0.1, -0.05) is 91.7 Å². The van der Waals surface area contributed by atoms with Gasteiger partial charge in [0.25, 0.3) is 5.91 Å². The highest BCUT2D eigenvalue weighted by Crippen LogP contribution is 2.19. The van der Waals surface area contributed by atoms with Gasteiger partial charge >= 0.3 is 0 Å². The second-order valence-electron chi connectivity index (χ2n) is 8.91. The molecule has 0 aliphatic rings. The van der Waals surface area contributed by atoms with Crippen LogP contribution in [0.25, 0.3) is 0 Å². The molecule has 5 nitrogen and oxygen atoms in total. The smallest absolute Gasteiger partial charge is 0.261 e. The number of nitrogens with zero attached hydrogens (tertiary/aromatic N) is 1. The Kier molecular flexibility index (Phi) is 9.91. The molecule has 0 bridgehead atoms. The van der Waals surface area contributed by atoms with Crippen LogP contribution < -0.4 is 10.1 Å². The van der Waals surface area contributed by atoms with Gasteiger partial charge in [0.1, 0.15) is 11.8 Å². The van der Waals surface area contributed by atoms with Crippen molar-refractivity contribution < 1.29 is 14.3 Å². The number of rotatable bonds is 12. The van der Waals surface area contributed by atoms with E-state index in [1.807, 2.05) is 92.7 Å². The minimum atomic E-state index is -0.650. The van der Waals surface area contributed by atoms with Crippen LogP contribution in [-0.2, 0) is 22.6 Å². The summed E-state index contributed by atoms with van der Waals surface area (Å²) in [6.45, 7) is 6.85. The average Bonchev–Trinajstić information content (AvgIpc) is 2.87. The lowest BCUT2D eigenvalue weighted by atomic mass is 10.0. The second kappa shape index (κ2) is 13.3. The summed E-state index contributed by atoms with van der Waals surface area (Å²) < 4.78 is 5.89. The van der Waals surface area contributed by atoms with Gasteiger partial charge in [-0.2, -0.15) is 0 Å². The third-order valence-electron chi connectivity index (χ3n) is 6.02. The molecule has 5 heteroatoms. The summed E-state index contributed by atoms with van der Waals surface area (Å²) in [5.41, 5.74) is 4.08. The van der Waals surface area contributed by atoms with E-state index < -0.39 is 6.04 Å². The maximum absolute atomic E-state index is 13.6. The SMILES string of the molecule is CCCCNC(=O)C(Cc1ccccc1)N(Cc1ccc(C)cc1)C(=O)COc1ccccc1C. The number of ether oxygens (including phenoxy) is 1. The first-order valence-electron chi connectivity index (χ1n) is 12.3. The fraction of sp³-hybridized carbons (Fsp3) is 0.333. The largest absolute Gasteiger partial charge is 0.484 e. The summed E-state index contributed by atoms with van der Waals surface area (Å²) in [5, 5.41) is 3.04. The lowest BCUT2D eigenvalue weighted by Gasteiger charge is -2.31. The Bertz CT molecular complexity index is 1080. The molecule has 0 radical (unpaired) electrons. The molecule has 0 saturated carbocycles. The Hall–Kier alpha value is -3.60. The van der Waals surface area contributed by atoms with Gasteiger partial charge in [-0.05, 0) is 43.0 Å². The molecule has 2 amide bonds. The number of carbonyl (C=O) groups excluding carboxylic acids is 2. The van der Waals surface area contributed by atoms with Gasteiger partial charge in [0.2, 0.25) is 5.91 Å². The van der Waals surface area contributed by atoms with Crippen molar-refractivity contribution in [3.8, 4) is 5.75 Å². The van der Waals surface area contributed by atoms with Crippen LogP contribution in [-0.4, -0.2) is 35.9 Å². The maximum atomic E-state index is 13.6. The lowest BCUT2D eigenvalue weighted by Crippen LogP contribution is -2.51. The van der Waals surface area contributed by atoms with Crippen molar-refractivity contribution in [2.24, 2.45) is 0 Å². The summed E-state index contributed by atoms with van der Waals surface area (Å²) in [6.07, 6.45) is 2.31. The van der Waals surface area contributed by atoms with E-state index in [1.165, 1.54) is 0 Å². The standard InChI is InChI=1S/C30H36N2O3/c1-4-5-19-31-30(34)27(20-25-12-7-6-8-13-25)32(21-26-17-15-23(2)16-18-26)29(33)22-35-28-14-10-9-11-24(28)3/h6-18,27H,4-5,19-22H2,1-3H3,(H,31,34). The first kappa shape index (κ1) is 26.0. The van der Waals surface area contributed by atoms with Crippen molar-refractivity contribution in [2.45, 2.75) is 52.6 Å². The van der Waals surface area contributed by atoms with Crippen molar-refractivity contribution >= 4 is 11.8 Å². The third-order valence-corrected chi connectivity index (χ3v) is 6.02. The molecule has 3 rings (SSSR count). The molecule has 0 saturated heterocycles. The first-order chi connectivity index (χ1) is 17.0. The lowest BCUT2D eigenvalue weighted by molar-refractivity contribution is -0.142. The molecule has 1 atom stereocenters. The van der Waals surface area contributed by atoms with Crippen LogP contribution in [0.5, 0.6) is 5.75 Å². The minimum absolute atomic E-state index is 0.135. The molecule has 0 aromatic heterocycles. The van der Waals surface area contributed by atoms with Gasteiger partial charge in [0.05, 0.1) is 0 Å². The molecule has 0 heterocycles. The highest BCUT2D eigenvalue weighted by Gasteiger charge is 2.30. The average molecular weight is 473 g/mol. The normalized spacial score (nSPS) is 11.5. The molecule has 3 aromatic carbocycles. The Balaban J connectivity index is 1.88. The monoisotopic (exact) mass is 472 g/mol. The molecule has 1 N–H and O–H groups in total. The van der Waals surface area contributed by atoms with Crippen LogP contribution >= 0.6 is 0 Å². The van der Waals surface area contributed by atoms with Crippen LogP contribution in [0.2, 0.25) is 0 Å². The Morgan fingerprint density at radius 2 is 1.57 bits per heavy atom. The zero-order chi connectivity index (χ0) is 25.0. The molecule has 0 spiro atoms. The number of benzene rings is 3. The van der Waals surface area contributed by atoms with Crippen molar-refractivity contribution in [2.75, 3.05) is 13.2 Å². The van der Waals surface area contributed by atoms with Gasteiger partial charge in [0.15, 0.2) is 6.61 Å². The molecule has 0 aliphatic carbocycles.